The topological polar surface area (TPSA) is 82.3 Å². The number of para-hydroxylation sites is 1. The second-order valence-corrected chi connectivity index (χ2v) is 11.5. The third-order valence-electron chi connectivity index (χ3n) is 5.06. The molecule has 6 nitrogen and oxygen atoms in total. The van der Waals surface area contributed by atoms with E-state index in [-0.39, 0.29) is 10.1 Å². The van der Waals surface area contributed by atoms with Crippen LogP contribution in [0.4, 0.5) is 0 Å². The first-order valence-electron chi connectivity index (χ1n) is 10.1. The average molecular weight is 509 g/mol. The van der Waals surface area contributed by atoms with Gasteiger partial charge in [0.15, 0.2) is 5.76 Å². The van der Waals surface area contributed by atoms with Crippen molar-refractivity contribution < 1.29 is 17.6 Å². The first-order valence-corrected chi connectivity index (χ1v) is 13.3. The standard InChI is InChI=1S/C25H17ClN2O4S2/c1-31-19-10-6-16(7-11-19)21-15-22(24-14-17-4-2-3-5-23(17)32-24)28-25(27-21)33-34(29,30)20-12-8-18(26)9-13-20/h2-15H,1H3. The van der Waals surface area contributed by atoms with Gasteiger partial charge in [-0.1, -0.05) is 29.8 Å². The molecule has 34 heavy (non-hydrogen) atoms. The van der Waals surface area contributed by atoms with Crippen LogP contribution in [-0.4, -0.2) is 25.5 Å². The van der Waals surface area contributed by atoms with Gasteiger partial charge in [0.25, 0.3) is 0 Å². The van der Waals surface area contributed by atoms with Gasteiger partial charge < -0.3 is 9.15 Å². The van der Waals surface area contributed by atoms with E-state index in [0.717, 1.165) is 10.9 Å². The van der Waals surface area contributed by atoms with Crippen molar-refractivity contribution in [3.05, 3.63) is 90.0 Å². The first-order chi connectivity index (χ1) is 16.4. The molecular formula is C25H17ClN2O4S2. The Bertz CT molecular complexity index is 1550. The highest BCUT2D eigenvalue weighted by molar-refractivity contribution is 8.72. The van der Waals surface area contributed by atoms with Crippen LogP contribution >= 0.6 is 22.4 Å². The number of ether oxygens (including phenoxy) is 1. The quantitative estimate of drug-likeness (QED) is 0.186. The molecule has 0 saturated heterocycles. The van der Waals surface area contributed by atoms with Crippen LogP contribution in [0.1, 0.15) is 0 Å². The summed E-state index contributed by atoms with van der Waals surface area (Å²) in [5, 5.41) is 1.46. The molecule has 2 heterocycles. The van der Waals surface area contributed by atoms with E-state index >= 15 is 0 Å². The minimum absolute atomic E-state index is 0.0822. The Kier molecular flexibility index (Phi) is 6.03. The number of fused-ring (bicyclic) bond motifs is 1. The lowest BCUT2D eigenvalue weighted by Gasteiger charge is -2.08. The summed E-state index contributed by atoms with van der Waals surface area (Å²) in [5.41, 5.74) is 2.53. The zero-order chi connectivity index (χ0) is 23.7. The van der Waals surface area contributed by atoms with E-state index in [4.69, 9.17) is 20.8 Å². The molecule has 0 atom stereocenters. The fraction of sp³-hybridized carbons (Fsp3) is 0.0400. The van der Waals surface area contributed by atoms with Crippen molar-refractivity contribution in [2.24, 2.45) is 0 Å². The molecule has 9 heteroatoms. The van der Waals surface area contributed by atoms with Crippen molar-refractivity contribution in [3.8, 4) is 28.5 Å². The van der Waals surface area contributed by atoms with Gasteiger partial charge in [-0.2, -0.15) is 0 Å². The van der Waals surface area contributed by atoms with Crippen LogP contribution in [0, 0.1) is 0 Å². The summed E-state index contributed by atoms with van der Waals surface area (Å²) < 4.78 is 37.3. The van der Waals surface area contributed by atoms with Crippen LogP contribution in [0.25, 0.3) is 33.7 Å². The maximum Gasteiger partial charge on any atom is 0.237 e. The Hall–Kier alpha value is -3.33. The molecule has 0 fully saturated rings. The number of aromatic nitrogens is 2. The van der Waals surface area contributed by atoms with Gasteiger partial charge in [-0.3, -0.25) is 0 Å². The number of rotatable bonds is 6. The Morgan fingerprint density at radius 1 is 0.882 bits per heavy atom. The number of halogens is 1. The monoisotopic (exact) mass is 508 g/mol. The highest BCUT2D eigenvalue weighted by Crippen LogP contribution is 2.34. The minimum atomic E-state index is -3.78. The predicted octanol–water partition coefficient (Wildman–Crippen LogP) is 6.70. The third kappa shape index (κ3) is 4.65. The van der Waals surface area contributed by atoms with Gasteiger partial charge in [0.2, 0.25) is 14.0 Å². The largest absolute Gasteiger partial charge is 0.497 e. The van der Waals surface area contributed by atoms with E-state index in [1.54, 1.807) is 13.2 Å². The average Bonchev–Trinajstić information content (AvgIpc) is 3.28. The summed E-state index contributed by atoms with van der Waals surface area (Å²) in [5.74, 6) is 1.22. The van der Waals surface area contributed by atoms with Crippen molar-refractivity contribution in [2.75, 3.05) is 7.11 Å². The van der Waals surface area contributed by atoms with Crippen LogP contribution in [0.5, 0.6) is 5.75 Å². The number of benzene rings is 3. The van der Waals surface area contributed by atoms with Crippen LogP contribution in [0.15, 0.2) is 99.4 Å². The van der Waals surface area contributed by atoms with E-state index in [0.29, 0.717) is 44.3 Å². The van der Waals surface area contributed by atoms with Gasteiger partial charge in [-0.05, 0) is 66.7 Å². The van der Waals surface area contributed by atoms with E-state index in [1.165, 1.54) is 24.3 Å². The molecule has 5 aromatic rings. The van der Waals surface area contributed by atoms with Crippen molar-refractivity contribution in [3.63, 3.8) is 0 Å². The lowest BCUT2D eigenvalue weighted by Crippen LogP contribution is -2.00. The van der Waals surface area contributed by atoms with Gasteiger partial charge >= 0.3 is 0 Å². The van der Waals surface area contributed by atoms with Gasteiger partial charge in [-0.25, -0.2) is 18.4 Å². The normalized spacial score (nSPS) is 11.6. The van der Waals surface area contributed by atoms with E-state index in [2.05, 4.69) is 9.97 Å². The highest BCUT2D eigenvalue weighted by Gasteiger charge is 2.21. The zero-order valence-electron chi connectivity index (χ0n) is 17.8. The van der Waals surface area contributed by atoms with E-state index < -0.39 is 8.87 Å². The lowest BCUT2D eigenvalue weighted by molar-refractivity contribution is 0.415. The maximum atomic E-state index is 13.0. The van der Waals surface area contributed by atoms with Crippen LogP contribution in [0.2, 0.25) is 5.02 Å². The number of nitrogens with zero attached hydrogens (tertiary/aromatic N) is 2. The van der Waals surface area contributed by atoms with Crippen LogP contribution in [-0.2, 0) is 8.87 Å². The molecule has 170 valence electrons. The summed E-state index contributed by atoms with van der Waals surface area (Å²) in [4.78, 5) is 9.16. The number of hydrogen-bond donors (Lipinski definition) is 0. The molecular weight excluding hydrogens is 492 g/mol. The molecule has 0 radical (unpaired) electrons. The summed E-state index contributed by atoms with van der Waals surface area (Å²) in [7, 11) is -1.61. The first kappa shape index (κ1) is 22.5. The summed E-state index contributed by atoms with van der Waals surface area (Å²) in [6.45, 7) is 0. The van der Waals surface area contributed by atoms with Crippen LogP contribution in [0.3, 0.4) is 0 Å². The Labute approximate surface area is 204 Å². The van der Waals surface area contributed by atoms with Gasteiger partial charge in [-0.15, -0.1) is 0 Å². The van der Waals surface area contributed by atoms with E-state index in [9.17, 15) is 8.42 Å². The van der Waals surface area contributed by atoms with Gasteiger partial charge in [0.1, 0.15) is 17.0 Å². The molecule has 0 bridgehead atoms. The smallest absolute Gasteiger partial charge is 0.237 e. The zero-order valence-corrected chi connectivity index (χ0v) is 20.2. The van der Waals surface area contributed by atoms with Crippen molar-refractivity contribution in [2.45, 2.75) is 10.1 Å². The van der Waals surface area contributed by atoms with E-state index in [1.807, 2.05) is 54.6 Å². The Morgan fingerprint density at radius 3 is 2.29 bits per heavy atom. The Balaban J connectivity index is 1.61. The molecule has 0 unspecified atom stereocenters. The second-order valence-electron chi connectivity index (χ2n) is 7.29. The van der Waals surface area contributed by atoms with Crippen molar-refractivity contribution in [1.82, 2.24) is 9.97 Å². The summed E-state index contributed by atoms with van der Waals surface area (Å²) >= 11 is 5.91. The number of furan rings is 1. The van der Waals surface area contributed by atoms with Gasteiger partial charge in [0, 0.05) is 16.0 Å². The maximum absolute atomic E-state index is 13.0. The highest BCUT2D eigenvalue weighted by atomic mass is 35.5. The third-order valence-corrected chi connectivity index (χ3v) is 8.39. The lowest BCUT2D eigenvalue weighted by atomic mass is 10.1. The molecule has 0 aliphatic carbocycles. The number of hydrogen-bond acceptors (Lipinski definition) is 7. The number of methoxy groups -OCH3 is 1. The Morgan fingerprint density at radius 2 is 1.59 bits per heavy atom. The fourth-order valence-corrected chi connectivity index (χ4v) is 5.95. The van der Waals surface area contributed by atoms with Crippen LogP contribution < -0.4 is 4.74 Å². The molecule has 0 saturated carbocycles. The second kappa shape index (κ2) is 9.13. The van der Waals surface area contributed by atoms with Gasteiger partial charge in [0.05, 0.1) is 28.5 Å². The molecule has 0 aliphatic heterocycles. The molecule has 0 spiro atoms. The van der Waals surface area contributed by atoms with Crippen molar-refractivity contribution in [1.29, 1.82) is 0 Å². The molecule has 2 aromatic heterocycles. The molecule has 0 amide bonds. The SMILES string of the molecule is COc1ccc(-c2cc(-c3cc4ccccc4o3)nc(SS(=O)(=O)c3ccc(Cl)cc3)n2)cc1. The summed E-state index contributed by atoms with van der Waals surface area (Å²) in [6.07, 6.45) is 0. The molecule has 3 aromatic carbocycles. The molecule has 0 aliphatic rings. The minimum Gasteiger partial charge on any atom is -0.497 e. The molecule has 0 N–H and O–H groups in total. The van der Waals surface area contributed by atoms with Crippen molar-refractivity contribution >= 4 is 42.2 Å². The fourth-order valence-electron chi connectivity index (χ4n) is 3.35. The molecule has 5 rings (SSSR count). The summed E-state index contributed by atoms with van der Waals surface area (Å²) in [6, 6.07) is 24.6. The predicted molar refractivity (Wildman–Crippen MR) is 134 cm³/mol.